The van der Waals surface area contributed by atoms with E-state index in [2.05, 4.69) is 15.3 Å². The van der Waals surface area contributed by atoms with Crippen LogP contribution in [-0.2, 0) is 4.74 Å². The summed E-state index contributed by atoms with van der Waals surface area (Å²) in [7, 11) is 0. The molecular weight excluding hydrogens is 388 g/mol. The third-order valence-corrected chi connectivity index (χ3v) is 4.50. The summed E-state index contributed by atoms with van der Waals surface area (Å²) in [5, 5.41) is 4.27. The number of halogens is 2. The number of hydrogen-bond acceptors (Lipinski definition) is 6. The summed E-state index contributed by atoms with van der Waals surface area (Å²) >= 11 is 1.07. The molecule has 6 nitrogen and oxygen atoms in total. The lowest BCUT2D eigenvalue weighted by Gasteiger charge is -2.07. The Labute approximate surface area is 163 Å². The van der Waals surface area contributed by atoms with Crippen molar-refractivity contribution in [3.63, 3.8) is 0 Å². The van der Waals surface area contributed by atoms with Crippen molar-refractivity contribution in [2.75, 3.05) is 11.9 Å². The van der Waals surface area contributed by atoms with Crippen LogP contribution in [0, 0.1) is 18.6 Å². The van der Waals surface area contributed by atoms with Gasteiger partial charge in [0.1, 0.15) is 17.3 Å². The molecule has 28 heavy (non-hydrogen) atoms. The largest absolute Gasteiger partial charge is 0.462 e. The number of aryl methyl sites for hydroxylation is 1. The van der Waals surface area contributed by atoms with Gasteiger partial charge in [-0.15, -0.1) is 11.3 Å². The molecule has 0 bridgehead atoms. The lowest BCUT2D eigenvalue weighted by molar-refractivity contribution is 0.0524. The van der Waals surface area contributed by atoms with Crippen LogP contribution in [0.1, 0.15) is 33.5 Å². The predicted octanol–water partition coefficient (Wildman–Crippen LogP) is 4.22. The first kappa shape index (κ1) is 19.6. The maximum atomic E-state index is 13.9. The molecule has 2 heterocycles. The predicted molar refractivity (Wildman–Crippen MR) is 100 cm³/mol. The number of pyridine rings is 1. The number of nitrogens with one attached hydrogen (secondary N) is 1. The van der Waals surface area contributed by atoms with Crippen LogP contribution in [-0.4, -0.2) is 28.5 Å². The van der Waals surface area contributed by atoms with Crippen LogP contribution in [0.25, 0.3) is 11.3 Å². The molecule has 2 aromatic heterocycles. The summed E-state index contributed by atoms with van der Waals surface area (Å²) in [6.45, 7) is 3.52. The van der Waals surface area contributed by atoms with Crippen molar-refractivity contribution >= 4 is 28.3 Å². The Hall–Kier alpha value is -3.20. The number of carbonyl (C=O) groups excluding carboxylic acids is 2. The summed E-state index contributed by atoms with van der Waals surface area (Å²) in [5.74, 6) is -2.26. The van der Waals surface area contributed by atoms with Gasteiger partial charge < -0.3 is 4.74 Å². The Morgan fingerprint density at radius 3 is 2.68 bits per heavy atom. The van der Waals surface area contributed by atoms with Gasteiger partial charge >= 0.3 is 5.97 Å². The van der Waals surface area contributed by atoms with Crippen LogP contribution in [0.4, 0.5) is 13.9 Å². The number of rotatable bonds is 5. The summed E-state index contributed by atoms with van der Waals surface area (Å²) in [6, 6.07) is 5.93. The lowest BCUT2D eigenvalue weighted by atomic mass is 10.1. The zero-order valence-electron chi connectivity index (χ0n) is 15.0. The molecule has 0 aliphatic rings. The van der Waals surface area contributed by atoms with Gasteiger partial charge in [0.05, 0.1) is 23.6 Å². The molecule has 0 saturated carbocycles. The van der Waals surface area contributed by atoms with Crippen molar-refractivity contribution in [3.8, 4) is 11.3 Å². The van der Waals surface area contributed by atoms with E-state index in [9.17, 15) is 18.4 Å². The number of nitrogens with zero attached hydrogens (tertiary/aromatic N) is 2. The van der Waals surface area contributed by atoms with Gasteiger partial charge in [0.2, 0.25) is 0 Å². The first-order valence-corrected chi connectivity index (χ1v) is 9.14. The molecule has 0 fully saturated rings. The van der Waals surface area contributed by atoms with Gasteiger partial charge in [0, 0.05) is 10.9 Å². The normalized spacial score (nSPS) is 10.6. The third kappa shape index (κ3) is 4.20. The van der Waals surface area contributed by atoms with Crippen molar-refractivity contribution < 1.29 is 23.1 Å². The van der Waals surface area contributed by atoms with Crippen molar-refractivity contribution in [2.45, 2.75) is 13.8 Å². The summed E-state index contributed by atoms with van der Waals surface area (Å²) in [4.78, 5) is 32.4. The molecule has 0 aliphatic heterocycles. The van der Waals surface area contributed by atoms with Gasteiger partial charge in [-0.3, -0.25) is 10.1 Å². The molecule has 0 atom stereocenters. The van der Waals surface area contributed by atoms with Crippen molar-refractivity contribution in [2.24, 2.45) is 0 Å². The van der Waals surface area contributed by atoms with Gasteiger partial charge in [0.15, 0.2) is 5.13 Å². The molecule has 1 amide bonds. The fraction of sp³-hybridized carbons (Fsp3) is 0.158. The maximum Gasteiger partial charge on any atom is 0.339 e. The molecule has 0 saturated heterocycles. The van der Waals surface area contributed by atoms with E-state index in [0.717, 1.165) is 29.5 Å². The van der Waals surface area contributed by atoms with Crippen LogP contribution >= 0.6 is 11.3 Å². The number of anilines is 1. The van der Waals surface area contributed by atoms with Gasteiger partial charge in [-0.05, 0) is 44.2 Å². The molecule has 0 spiro atoms. The molecule has 144 valence electrons. The fourth-order valence-corrected chi connectivity index (χ4v) is 3.13. The van der Waals surface area contributed by atoms with E-state index < -0.39 is 23.5 Å². The minimum absolute atomic E-state index is 0.00417. The smallest absolute Gasteiger partial charge is 0.339 e. The Morgan fingerprint density at radius 1 is 1.18 bits per heavy atom. The van der Waals surface area contributed by atoms with E-state index in [-0.39, 0.29) is 34.3 Å². The quantitative estimate of drug-likeness (QED) is 0.645. The van der Waals surface area contributed by atoms with Gasteiger partial charge in [-0.25, -0.2) is 23.5 Å². The highest BCUT2D eigenvalue weighted by atomic mass is 32.1. The van der Waals surface area contributed by atoms with Crippen molar-refractivity contribution in [1.29, 1.82) is 0 Å². The highest BCUT2D eigenvalue weighted by Gasteiger charge is 2.17. The minimum atomic E-state index is -0.614. The Balaban J connectivity index is 1.77. The van der Waals surface area contributed by atoms with E-state index in [1.54, 1.807) is 13.8 Å². The molecule has 9 heteroatoms. The molecule has 0 unspecified atom stereocenters. The highest BCUT2D eigenvalue weighted by molar-refractivity contribution is 7.14. The first-order chi connectivity index (χ1) is 13.4. The van der Waals surface area contributed by atoms with Crippen LogP contribution < -0.4 is 5.32 Å². The topological polar surface area (TPSA) is 81.2 Å². The number of ether oxygens (including phenoxy) is 1. The Bertz CT molecular complexity index is 1050. The molecule has 3 aromatic rings. The van der Waals surface area contributed by atoms with Crippen molar-refractivity contribution in [3.05, 3.63) is 64.3 Å². The SMILES string of the molecule is CCOC(=O)c1ccc(C(=O)Nc2nc(-c3cc(F)ccc3F)cs2)nc1C. The van der Waals surface area contributed by atoms with Crippen LogP contribution in [0.15, 0.2) is 35.7 Å². The van der Waals surface area contributed by atoms with Crippen LogP contribution in [0.2, 0.25) is 0 Å². The molecule has 1 N–H and O–H groups in total. The van der Waals surface area contributed by atoms with Crippen LogP contribution in [0.5, 0.6) is 0 Å². The number of carbonyl (C=O) groups is 2. The summed E-state index contributed by atoms with van der Waals surface area (Å²) < 4.78 is 32.1. The number of esters is 1. The zero-order valence-corrected chi connectivity index (χ0v) is 15.8. The molecular formula is C19H15F2N3O3S. The molecule has 0 radical (unpaired) electrons. The Kier molecular flexibility index (Phi) is 5.74. The average molecular weight is 403 g/mol. The van der Waals surface area contributed by atoms with Gasteiger partial charge in [-0.1, -0.05) is 0 Å². The van der Waals surface area contributed by atoms with Crippen molar-refractivity contribution in [1.82, 2.24) is 9.97 Å². The van der Waals surface area contributed by atoms with E-state index in [0.29, 0.717) is 5.69 Å². The second-order valence-corrected chi connectivity index (χ2v) is 6.52. The van der Waals surface area contributed by atoms with E-state index in [4.69, 9.17) is 4.74 Å². The lowest BCUT2D eigenvalue weighted by Crippen LogP contribution is -2.16. The van der Waals surface area contributed by atoms with Gasteiger partial charge in [-0.2, -0.15) is 0 Å². The first-order valence-electron chi connectivity index (χ1n) is 8.26. The number of benzene rings is 1. The molecule has 1 aromatic carbocycles. The fourth-order valence-electron chi connectivity index (χ4n) is 2.42. The highest BCUT2D eigenvalue weighted by Crippen LogP contribution is 2.27. The zero-order chi connectivity index (χ0) is 20.3. The number of thiazole rings is 1. The summed E-state index contributed by atoms with van der Waals surface area (Å²) in [5.41, 5.74) is 0.923. The molecule has 3 rings (SSSR count). The average Bonchev–Trinajstić information content (AvgIpc) is 3.12. The van der Waals surface area contributed by atoms with Gasteiger partial charge in [0.25, 0.3) is 5.91 Å². The second-order valence-electron chi connectivity index (χ2n) is 5.67. The monoisotopic (exact) mass is 403 g/mol. The maximum absolute atomic E-state index is 13.9. The van der Waals surface area contributed by atoms with E-state index in [1.807, 2.05) is 0 Å². The second kappa shape index (κ2) is 8.22. The third-order valence-electron chi connectivity index (χ3n) is 3.74. The minimum Gasteiger partial charge on any atom is -0.462 e. The number of amides is 1. The van der Waals surface area contributed by atoms with Crippen LogP contribution in [0.3, 0.4) is 0 Å². The van der Waals surface area contributed by atoms with E-state index in [1.165, 1.54) is 17.5 Å². The molecule has 0 aliphatic carbocycles. The number of aromatic nitrogens is 2. The standard InChI is InChI=1S/C19H15F2N3O3S/c1-3-27-18(26)12-5-7-15(22-10(12)2)17(25)24-19-23-16(9-28-19)13-8-11(20)4-6-14(13)21/h4-9H,3H2,1-2H3,(H,23,24,25). The Morgan fingerprint density at radius 2 is 1.96 bits per heavy atom. The number of hydrogen-bond donors (Lipinski definition) is 1. The van der Waals surface area contributed by atoms with E-state index >= 15 is 0 Å². The summed E-state index contributed by atoms with van der Waals surface area (Å²) in [6.07, 6.45) is 0.